The highest BCUT2D eigenvalue weighted by atomic mass is 16.5. The van der Waals surface area contributed by atoms with E-state index in [-0.39, 0.29) is 11.9 Å². The second kappa shape index (κ2) is 7.99. The molecule has 2 aliphatic rings. The van der Waals surface area contributed by atoms with Crippen molar-refractivity contribution in [2.45, 2.75) is 52.0 Å². The number of rotatable bonds is 5. The molecule has 0 aromatic carbocycles. The van der Waals surface area contributed by atoms with Gasteiger partial charge in [-0.15, -0.1) is 0 Å². The molecule has 0 radical (unpaired) electrons. The van der Waals surface area contributed by atoms with E-state index in [0.717, 1.165) is 32.0 Å². The normalized spacial score (nSPS) is 23.9. The Hall–Kier alpha value is -0.610. The number of ether oxygens (including phenoxy) is 1. The molecule has 0 unspecified atom stereocenters. The van der Waals surface area contributed by atoms with E-state index >= 15 is 0 Å². The Labute approximate surface area is 123 Å². The van der Waals surface area contributed by atoms with E-state index in [1.165, 1.54) is 38.9 Å². The van der Waals surface area contributed by atoms with Crippen molar-refractivity contribution in [2.24, 2.45) is 5.92 Å². The van der Waals surface area contributed by atoms with Crippen LogP contribution in [-0.4, -0.2) is 61.1 Å². The zero-order valence-corrected chi connectivity index (χ0v) is 13.1. The number of carbonyl (C=O) groups is 1. The van der Waals surface area contributed by atoms with E-state index in [9.17, 15) is 4.79 Å². The minimum absolute atomic E-state index is 0.0184. The minimum atomic E-state index is 0.0184. The number of piperidine rings is 2. The molecule has 2 fully saturated rings. The molecule has 2 rings (SSSR count). The number of hydrogen-bond donors (Lipinski definition) is 0. The van der Waals surface area contributed by atoms with E-state index in [0.29, 0.717) is 6.61 Å². The predicted molar refractivity (Wildman–Crippen MR) is 80.7 cm³/mol. The molecule has 0 saturated carbocycles. The largest absolute Gasteiger partial charge is 0.466 e. The summed E-state index contributed by atoms with van der Waals surface area (Å²) in [5, 5.41) is 0. The first-order valence-electron chi connectivity index (χ1n) is 8.37. The lowest BCUT2D eigenvalue weighted by Gasteiger charge is -2.41. The van der Waals surface area contributed by atoms with Crippen LogP contribution in [0.4, 0.5) is 0 Å². The summed E-state index contributed by atoms with van der Waals surface area (Å²) in [5.41, 5.74) is 0. The monoisotopic (exact) mass is 282 g/mol. The van der Waals surface area contributed by atoms with Crippen molar-refractivity contribution in [3.05, 3.63) is 0 Å². The van der Waals surface area contributed by atoms with Gasteiger partial charge in [-0.3, -0.25) is 4.79 Å². The average molecular weight is 282 g/mol. The van der Waals surface area contributed by atoms with Crippen LogP contribution in [0, 0.1) is 5.92 Å². The molecule has 0 aliphatic carbocycles. The SMILES string of the molecule is CCCN1CCC(N2CCC(C(=O)OCC)CC2)CC1. The van der Waals surface area contributed by atoms with Gasteiger partial charge in [-0.05, 0) is 71.8 Å². The minimum Gasteiger partial charge on any atom is -0.466 e. The molecule has 0 aromatic rings. The molecule has 4 nitrogen and oxygen atoms in total. The summed E-state index contributed by atoms with van der Waals surface area (Å²) < 4.78 is 5.14. The van der Waals surface area contributed by atoms with Crippen molar-refractivity contribution in [3.8, 4) is 0 Å². The fourth-order valence-corrected chi connectivity index (χ4v) is 3.58. The topological polar surface area (TPSA) is 32.8 Å². The maximum atomic E-state index is 11.7. The van der Waals surface area contributed by atoms with E-state index < -0.39 is 0 Å². The van der Waals surface area contributed by atoms with Crippen LogP contribution in [0.1, 0.15) is 46.0 Å². The van der Waals surface area contributed by atoms with Gasteiger partial charge in [-0.1, -0.05) is 6.92 Å². The summed E-state index contributed by atoms with van der Waals surface area (Å²) >= 11 is 0. The molecule has 20 heavy (non-hydrogen) atoms. The van der Waals surface area contributed by atoms with Crippen molar-refractivity contribution in [3.63, 3.8) is 0 Å². The first-order valence-corrected chi connectivity index (χ1v) is 8.37. The van der Waals surface area contributed by atoms with Crippen molar-refractivity contribution in [1.82, 2.24) is 9.80 Å². The summed E-state index contributed by atoms with van der Waals surface area (Å²) in [6.45, 7) is 10.5. The van der Waals surface area contributed by atoms with Gasteiger partial charge in [-0.2, -0.15) is 0 Å². The number of esters is 1. The van der Waals surface area contributed by atoms with Gasteiger partial charge in [-0.25, -0.2) is 0 Å². The van der Waals surface area contributed by atoms with Gasteiger partial charge in [0.25, 0.3) is 0 Å². The summed E-state index contributed by atoms with van der Waals surface area (Å²) in [7, 11) is 0. The fraction of sp³-hybridized carbons (Fsp3) is 0.938. The van der Waals surface area contributed by atoms with Gasteiger partial charge in [0.05, 0.1) is 12.5 Å². The molecular weight excluding hydrogens is 252 g/mol. The number of nitrogens with zero attached hydrogens (tertiary/aromatic N) is 2. The van der Waals surface area contributed by atoms with E-state index in [1.54, 1.807) is 0 Å². The van der Waals surface area contributed by atoms with Gasteiger partial charge in [0.1, 0.15) is 0 Å². The fourth-order valence-electron chi connectivity index (χ4n) is 3.58. The maximum absolute atomic E-state index is 11.7. The molecule has 116 valence electrons. The third-order valence-electron chi connectivity index (χ3n) is 4.76. The Morgan fingerprint density at radius 2 is 1.70 bits per heavy atom. The molecule has 2 aliphatic heterocycles. The quantitative estimate of drug-likeness (QED) is 0.723. The maximum Gasteiger partial charge on any atom is 0.309 e. The van der Waals surface area contributed by atoms with E-state index in [4.69, 9.17) is 4.74 Å². The Morgan fingerprint density at radius 1 is 1.05 bits per heavy atom. The van der Waals surface area contributed by atoms with Crippen LogP contribution in [0.15, 0.2) is 0 Å². The van der Waals surface area contributed by atoms with Crippen molar-refractivity contribution >= 4 is 5.97 Å². The lowest BCUT2D eigenvalue weighted by molar-refractivity contribution is -0.149. The van der Waals surface area contributed by atoms with E-state index in [2.05, 4.69) is 16.7 Å². The zero-order valence-electron chi connectivity index (χ0n) is 13.1. The Balaban J connectivity index is 1.70. The molecule has 0 amide bonds. The Bertz CT molecular complexity index is 293. The summed E-state index contributed by atoms with van der Waals surface area (Å²) in [5.74, 6) is 0.163. The highest BCUT2D eigenvalue weighted by Crippen LogP contribution is 2.24. The average Bonchev–Trinajstić information content (AvgIpc) is 2.49. The van der Waals surface area contributed by atoms with Crippen LogP contribution < -0.4 is 0 Å². The van der Waals surface area contributed by atoms with Crippen molar-refractivity contribution in [2.75, 3.05) is 39.3 Å². The van der Waals surface area contributed by atoms with Crippen LogP contribution in [-0.2, 0) is 9.53 Å². The van der Waals surface area contributed by atoms with Crippen molar-refractivity contribution < 1.29 is 9.53 Å². The Morgan fingerprint density at radius 3 is 2.25 bits per heavy atom. The molecule has 0 atom stereocenters. The van der Waals surface area contributed by atoms with Crippen LogP contribution in [0.25, 0.3) is 0 Å². The van der Waals surface area contributed by atoms with Gasteiger partial charge < -0.3 is 14.5 Å². The third kappa shape index (κ3) is 4.19. The lowest BCUT2D eigenvalue weighted by Crippen LogP contribution is -2.48. The molecule has 0 spiro atoms. The molecule has 0 N–H and O–H groups in total. The van der Waals surface area contributed by atoms with Gasteiger partial charge in [0.2, 0.25) is 0 Å². The van der Waals surface area contributed by atoms with Gasteiger partial charge in [0.15, 0.2) is 0 Å². The van der Waals surface area contributed by atoms with Crippen LogP contribution >= 0.6 is 0 Å². The third-order valence-corrected chi connectivity index (χ3v) is 4.76. The van der Waals surface area contributed by atoms with Crippen LogP contribution in [0.2, 0.25) is 0 Å². The lowest BCUT2D eigenvalue weighted by atomic mass is 9.93. The second-order valence-corrected chi connectivity index (χ2v) is 6.14. The highest BCUT2D eigenvalue weighted by molar-refractivity contribution is 5.72. The molecule has 2 heterocycles. The molecule has 0 bridgehead atoms. The van der Waals surface area contributed by atoms with Gasteiger partial charge in [0, 0.05) is 6.04 Å². The van der Waals surface area contributed by atoms with Crippen LogP contribution in [0.3, 0.4) is 0 Å². The number of carbonyl (C=O) groups excluding carboxylic acids is 1. The summed E-state index contributed by atoms with van der Waals surface area (Å²) in [6.07, 6.45) is 5.81. The smallest absolute Gasteiger partial charge is 0.309 e. The van der Waals surface area contributed by atoms with E-state index in [1.807, 2.05) is 6.92 Å². The van der Waals surface area contributed by atoms with Gasteiger partial charge >= 0.3 is 5.97 Å². The molecule has 0 aromatic heterocycles. The predicted octanol–water partition coefficient (Wildman–Crippen LogP) is 2.14. The van der Waals surface area contributed by atoms with Crippen LogP contribution in [0.5, 0.6) is 0 Å². The second-order valence-electron chi connectivity index (χ2n) is 6.14. The zero-order chi connectivity index (χ0) is 14.4. The standard InChI is InChI=1S/C16H30N2O2/c1-3-9-17-10-7-15(8-11-17)18-12-5-14(6-13-18)16(19)20-4-2/h14-15H,3-13H2,1-2H3. The van der Waals surface area contributed by atoms with Crippen molar-refractivity contribution in [1.29, 1.82) is 0 Å². The molecule has 4 heteroatoms. The molecule has 2 saturated heterocycles. The molecular formula is C16H30N2O2. The Kier molecular flexibility index (Phi) is 6.30. The summed E-state index contributed by atoms with van der Waals surface area (Å²) in [6, 6.07) is 0.742. The number of hydrogen-bond acceptors (Lipinski definition) is 4. The first-order chi connectivity index (χ1) is 9.74. The highest BCUT2D eigenvalue weighted by Gasteiger charge is 2.30. The number of likely N-dealkylation sites (tertiary alicyclic amines) is 2. The summed E-state index contributed by atoms with van der Waals surface area (Å²) in [4.78, 5) is 16.9. The first kappa shape index (κ1) is 15.8.